The lowest BCUT2D eigenvalue weighted by atomic mass is 9.96. The van der Waals surface area contributed by atoms with Gasteiger partial charge in [0.25, 0.3) is 0 Å². The minimum Gasteiger partial charge on any atom is -0.352 e. The number of nitrogens with one attached hydrogen (secondary N) is 3. The van der Waals surface area contributed by atoms with Gasteiger partial charge >= 0.3 is 12.2 Å². The molecule has 2 atom stereocenters. The van der Waals surface area contributed by atoms with Gasteiger partial charge < -0.3 is 20.9 Å². The number of rotatable bonds is 5. The van der Waals surface area contributed by atoms with Crippen LogP contribution < -0.4 is 16.0 Å². The molecule has 0 spiro atoms. The summed E-state index contributed by atoms with van der Waals surface area (Å²) in [4.78, 5) is 23.6. The summed E-state index contributed by atoms with van der Waals surface area (Å²) in [5.41, 5.74) is 0.688. The second-order valence-electron chi connectivity index (χ2n) is 9.00. The molecule has 0 bridgehead atoms. The summed E-state index contributed by atoms with van der Waals surface area (Å²) >= 11 is 0. The molecule has 11 heteroatoms. The summed E-state index contributed by atoms with van der Waals surface area (Å²) in [6, 6.07) is 1.75. The van der Waals surface area contributed by atoms with Gasteiger partial charge in [0.15, 0.2) is 0 Å². The average Bonchev–Trinajstić information content (AvgIpc) is 3.30. The molecule has 0 aliphatic carbocycles. The van der Waals surface area contributed by atoms with Crippen LogP contribution in [0.15, 0.2) is 24.4 Å². The van der Waals surface area contributed by atoms with Crippen LogP contribution in [0, 0.1) is 5.82 Å². The van der Waals surface area contributed by atoms with Crippen molar-refractivity contribution in [2.75, 3.05) is 18.4 Å². The molecule has 3 heterocycles. The molecule has 3 N–H and O–H groups in total. The molecule has 1 fully saturated rings. The number of hydrogen-bond acceptors (Lipinski definition) is 5. The Balaban J connectivity index is 1.52. The highest BCUT2D eigenvalue weighted by Gasteiger charge is 2.36. The summed E-state index contributed by atoms with van der Waals surface area (Å²) < 4.78 is 53.3. The number of alkyl halides is 3. The van der Waals surface area contributed by atoms with Gasteiger partial charge in [-0.2, -0.15) is 13.2 Å². The first-order valence-electron chi connectivity index (χ1n) is 11.4. The third-order valence-electron chi connectivity index (χ3n) is 6.09. The van der Waals surface area contributed by atoms with Crippen molar-refractivity contribution in [1.82, 2.24) is 25.5 Å². The van der Waals surface area contributed by atoms with Crippen molar-refractivity contribution in [2.24, 2.45) is 0 Å². The number of anilines is 1. The van der Waals surface area contributed by atoms with Gasteiger partial charge in [0.2, 0.25) is 5.95 Å². The van der Waals surface area contributed by atoms with Crippen LogP contribution in [0.2, 0.25) is 0 Å². The van der Waals surface area contributed by atoms with Gasteiger partial charge in [0.05, 0.1) is 23.8 Å². The Hall–Kier alpha value is -2.95. The van der Waals surface area contributed by atoms with Crippen molar-refractivity contribution >= 4 is 12.0 Å². The molecular weight excluding hydrogens is 452 g/mol. The molecule has 4 rings (SSSR count). The molecule has 1 unspecified atom stereocenters. The van der Waals surface area contributed by atoms with E-state index in [0.717, 1.165) is 36.4 Å². The van der Waals surface area contributed by atoms with Crippen molar-refractivity contribution in [1.29, 1.82) is 0 Å². The van der Waals surface area contributed by atoms with E-state index in [0.29, 0.717) is 30.9 Å². The van der Waals surface area contributed by atoms with Crippen molar-refractivity contribution in [3.8, 4) is 0 Å². The Kier molecular flexibility index (Phi) is 6.92. The van der Waals surface area contributed by atoms with Crippen LogP contribution in [-0.4, -0.2) is 46.1 Å². The maximum Gasteiger partial charge on any atom is 0.419 e. The molecule has 2 amide bonds. The Morgan fingerprint density at radius 3 is 2.74 bits per heavy atom. The van der Waals surface area contributed by atoms with E-state index >= 15 is 0 Å². The Morgan fingerprint density at radius 2 is 2.09 bits per heavy atom. The largest absolute Gasteiger partial charge is 0.419 e. The number of halogens is 4. The van der Waals surface area contributed by atoms with E-state index in [1.165, 1.54) is 6.07 Å². The predicted molar refractivity (Wildman–Crippen MR) is 119 cm³/mol. The number of carbonyl (C=O) groups excluding carboxylic acids is 1. The molecule has 2 aliphatic heterocycles. The lowest BCUT2D eigenvalue weighted by Crippen LogP contribution is -2.48. The van der Waals surface area contributed by atoms with E-state index in [1.54, 1.807) is 11.1 Å². The van der Waals surface area contributed by atoms with Crippen LogP contribution in [0.3, 0.4) is 0 Å². The Bertz CT molecular complexity index is 1040. The standard InChI is InChI=1S/C23H28F4N6O/c1-13(2)30-21-29-11-15-7-9-33(12-19(15)31-21)22(34)32-20(18-4-3-8-28-18)14-5-6-16(17(24)10-14)23(25,26)27/h5-6,10-11,13,18,20,28H,3-4,7-9,12H2,1-2H3,(H,32,34)(H,29,30,31)/t18-,20?/m1/s1. The third kappa shape index (κ3) is 5.40. The van der Waals surface area contributed by atoms with E-state index in [4.69, 9.17) is 0 Å². The van der Waals surface area contributed by atoms with Gasteiger partial charge in [-0.1, -0.05) is 6.07 Å². The molecule has 2 aromatic rings. The van der Waals surface area contributed by atoms with E-state index in [2.05, 4.69) is 25.9 Å². The number of nitrogens with zero attached hydrogens (tertiary/aromatic N) is 3. The predicted octanol–water partition coefficient (Wildman–Crippen LogP) is 4.02. The number of carbonyl (C=O) groups is 1. The summed E-state index contributed by atoms with van der Waals surface area (Å²) in [6.07, 6.45) is -0.850. The number of aromatic nitrogens is 2. The zero-order valence-corrected chi connectivity index (χ0v) is 19.0. The topological polar surface area (TPSA) is 82.2 Å². The molecule has 2 aliphatic rings. The summed E-state index contributed by atoms with van der Waals surface area (Å²) in [7, 11) is 0. The SMILES string of the molecule is CC(C)Nc1ncc2c(n1)CN(C(=O)NC(c1ccc(C(F)(F)F)c(F)c1)[C@H]1CCCN1)CC2. The van der Waals surface area contributed by atoms with Gasteiger partial charge in [-0.05, 0) is 62.9 Å². The number of fused-ring (bicyclic) bond motifs is 1. The lowest BCUT2D eigenvalue weighted by molar-refractivity contribution is -0.140. The van der Waals surface area contributed by atoms with Crippen LogP contribution >= 0.6 is 0 Å². The quantitative estimate of drug-likeness (QED) is 0.564. The van der Waals surface area contributed by atoms with Crippen LogP contribution in [-0.2, 0) is 19.1 Å². The van der Waals surface area contributed by atoms with Gasteiger partial charge in [0, 0.05) is 24.8 Å². The molecule has 0 radical (unpaired) electrons. The monoisotopic (exact) mass is 480 g/mol. The summed E-state index contributed by atoms with van der Waals surface area (Å²) in [5.74, 6) is -0.861. The zero-order valence-electron chi connectivity index (χ0n) is 19.0. The summed E-state index contributed by atoms with van der Waals surface area (Å²) in [5, 5.41) is 9.33. The third-order valence-corrected chi connectivity index (χ3v) is 6.09. The van der Waals surface area contributed by atoms with E-state index < -0.39 is 23.6 Å². The number of hydrogen-bond donors (Lipinski definition) is 3. The molecule has 1 aromatic heterocycles. The van der Waals surface area contributed by atoms with Crippen molar-refractivity contribution < 1.29 is 22.4 Å². The smallest absolute Gasteiger partial charge is 0.352 e. The molecule has 1 saturated heterocycles. The fraction of sp³-hybridized carbons (Fsp3) is 0.522. The first kappa shape index (κ1) is 24.2. The highest BCUT2D eigenvalue weighted by atomic mass is 19.4. The van der Waals surface area contributed by atoms with E-state index in [-0.39, 0.29) is 24.7 Å². The summed E-state index contributed by atoms with van der Waals surface area (Å²) in [6.45, 7) is 5.40. The highest BCUT2D eigenvalue weighted by Crippen LogP contribution is 2.33. The minimum atomic E-state index is -4.78. The highest BCUT2D eigenvalue weighted by molar-refractivity contribution is 5.75. The molecule has 7 nitrogen and oxygen atoms in total. The fourth-order valence-electron chi connectivity index (χ4n) is 4.40. The lowest BCUT2D eigenvalue weighted by Gasteiger charge is -2.32. The van der Waals surface area contributed by atoms with E-state index in [1.807, 2.05) is 13.8 Å². The van der Waals surface area contributed by atoms with Gasteiger partial charge in [-0.3, -0.25) is 0 Å². The number of benzene rings is 1. The average molecular weight is 481 g/mol. The second-order valence-corrected chi connectivity index (χ2v) is 9.00. The van der Waals surface area contributed by atoms with Crippen LogP contribution in [0.4, 0.5) is 28.3 Å². The van der Waals surface area contributed by atoms with Crippen LogP contribution in [0.5, 0.6) is 0 Å². The van der Waals surface area contributed by atoms with E-state index in [9.17, 15) is 22.4 Å². The van der Waals surface area contributed by atoms with Crippen molar-refractivity contribution in [2.45, 2.75) is 64.0 Å². The minimum absolute atomic E-state index is 0.157. The van der Waals surface area contributed by atoms with Crippen LogP contribution in [0.1, 0.15) is 55.1 Å². The normalized spacial score (nSPS) is 19.1. The maximum atomic E-state index is 14.3. The van der Waals surface area contributed by atoms with Gasteiger partial charge in [-0.25, -0.2) is 19.2 Å². The Labute approximate surface area is 195 Å². The molecule has 1 aromatic carbocycles. The fourth-order valence-corrected chi connectivity index (χ4v) is 4.40. The molecule has 0 saturated carbocycles. The van der Waals surface area contributed by atoms with Crippen molar-refractivity contribution in [3.05, 3.63) is 52.6 Å². The molecular formula is C23H28F4N6O. The Morgan fingerprint density at radius 1 is 1.29 bits per heavy atom. The zero-order chi connectivity index (χ0) is 24.5. The van der Waals surface area contributed by atoms with Gasteiger partial charge in [-0.15, -0.1) is 0 Å². The second kappa shape index (κ2) is 9.73. The first-order chi connectivity index (χ1) is 16.1. The van der Waals surface area contributed by atoms with Gasteiger partial charge in [0.1, 0.15) is 5.82 Å². The first-order valence-corrected chi connectivity index (χ1v) is 11.4. The van der Waals surface area contributed by atoms with Crippen molar-refractivity contribution in [3.63, 3.8) is 0 Å². The number of amides is 2. The molecule has 34 heavy (non-hydrogen) atoms. The number of urea groups is 1. The van der Waals surface area contributed by atoms with Crippen LogP contribution in [0.25, 0.3) is 0 Å². The molecule has 184 valence electrons. The maximum absolute atomic E-state index is 14.3.